The van der Waals surface area contributed by atoms with Crippen molar-refractivity contribution in [2.24, 2.45) is 5.73 Å². The average molecular weight is 365 g/mol. The summed E-state index contributed by atoms with van der Waals surface area (Å²) in [6, 6.07) is 9.27. The summed E-state index contributed by atoms with van der Waals surface area (Å²) in [6.45, 7) is 5.30. The lowest BCUT2D eigenvalue weighted by atomic mass is 9.83. The first kappa shape index (κ1) is 18.3. The summed E-state index contributed by atoms with van der Waals surface area (Å²) in [4.78, 5) is 28.2. The first-order valence-electron chi connectivity index (χ1n) is 8.46. The quantitative estimate of drug-likeness (QED) is 0.807. The zero-order valence-corrected chi connectivity index (χ0v) is 15.3. The summed E-state index contributed by atoms with van der Waals surface area (Å²) < 4.78 is 10.5. The Balaban J connectivity index is 2.28. The predicted octanol–water partition coefficient (Wildman–Crippen LogP) is 2.48. The molecular formula is C20H19N3O4. The minimum atomic E-state index is -0.961. The van der Waals surface area contributed by atoms with Gasteiger partial charge in [-0.05, 0) is 43.9 Å². The maximum absolute atomic E-state index is 12.8. The summed E-state index contributed by atoms with van der Waals surface area (Å²) >= 11 is 0. The number of nitrogens with one attached hydrogen (secondary N) is 1. The van der Waals surface area contributed by atoms with Gasteiger partial charge in [0.1, 0.15) is 17.4 Å². The molecule has 1 aliphatic rings. The molecule has 1 aromatic carbocycles. The van der Waals surface area contributed by atoms with Crippen LogP contribution in [0.3, 0.4) is 0 Å². The van der Waals surface area contributed by atoms with Gasteiger partial charge in [-0.1, -0.05) is 12.1 Å². The number of allylic oxidation sites excluding steroid dienone is 2. The Labute approximate surface area is 155 Å². The molecular weight excluding hydrogens is 346 g/mol. The number of nitrogens with zero attached hydrogens (tertiary/aromatic N) is 1. The van der Waals surface area contributed by atoms with Crippen LogP contribution < -0.4 is 11.3 Å². The second-order valence-electron chi connectivity index (χ2n) is 6.26. The second-order valence-corrected chi connectivity index (χ2v) is 6.26. The maximum atomic E-state index is 12.8. The molecule has 3 rings (SSSR count). The minimum Gasteiger partial charge on any atom is -0.463 e. The van der Waals surface area contributed by atoms with E-state index in [0.717, 1.165) is 10.9 Å². The van der Waals surface area contributed by atoms with Crippen LogP contribution in [0.1, 0.15) is 30.9 Å². The summed E-state index contributed by atoms with van der Waals surface area (Å²) in [5.74, 6) is -1.53. The molecule has 1 unspecified atom stereocenters. The number of esters is 1. The van der Waals surface area contributed by atoms with Crippen molar-refractivity contribution in [3.05, 3.63) is 68.5 Å². The van der Waals surface area contributed by atoms with Gasteiger partial charge in [-0.15, -0.1) is 0 Å². The number of aryl methyl sites for hydroxylation is 1. The Morgan fingerprint density at radius 3 is 2.78 bits per heavy atom. The maximum Gasteiger partial charge on any atom is 0.338 e. The highest BCUT2D eigenvalue weighted by molar-refractivity contribution is 5.93. The van der Waals surface area contributed by atoms with Gasteiger partial charge in [0.15, 0.2) is 0 Å². The number of aromatic nitrogens is 1. The van der Waals surface area contributed by atoms with E-state index in [0.29, 0.717) is 5.52 Å². The molecule has 3 N–H and O–H groups in total. The van der Waals surface area contributed by atoms with Gasteiger partial charge in [-0.3, -0.25) is 4.79 Å². The van der Waals surface area contributed by atoms with Crippen molar-refractivity contribution in [2.75, 3.05) is 6.61 Å². The Morgan fingerprint density at radius 1 is 1.37 bits per heavy atom. The summed E-state index contributed by atoms with van der Waals surface area (Å²) in [6.07, 6.45) is 0. The molecule has 0 aliphatic carbocycles. The number of hydrogen-bond acceptors (Lipinski definition) is 6. The first-order chi connectivity index (χ1) is 12.9. The van der Waals surface area contributed by atoms with Crippen LogP contribution in [0, 0.1) is 18.3 Å². The van der Waals surface area contributed by atoms with E-state index in [2.05, 4.69) is 4.98 Å². The number of carbonyl (C=O) groups is 1. The van der Waals surface area contributed by atoms with E-state index in [1.54, 1.807) is 19.9 Å². The fourth-order valence-electron chi connectivity index (χ4n) is 3.21. The molecule has 0 amide bonds. The van der Waals surface area contributed by atoms with Crippen LogP contribution in [0.5, 0.6) is 0 Å². The van der Waals surface area contributed by atoms with Crippen LogP contribution in [0.25, 0.3) is 10.9 Å². The van der Waals surface area contributed by atoms with Crippen molar-refractivity contribution in [3.63, 3.8) is 0 Å². The van der Waals surface area contributed by atoms with Crippen molar-refractivity contribution < 1.29 is 14.3 Å². The third-order valence-electron chi connectivity index (χ3n) is 4.44. The molecule has 1 aromatic heterocycles. The zero-order valence-electron chi connectivity index (χ0n) is 15.3. The second kappa shape index (κ2) is 7.00. The lowest BCUT2D eigenvalue weighted by molar-refractivity contribution is -0.139. The third-order valence-corrected chi connectivity index (χ3v) is 4.44. The van der Waals surface area contributed by atoms with Crippen LogP contribution in [0.15, 0.2) is 51.8 Å². The van der Waals surface area contributed by atoms with Crippen molar-refractivity contribution >= 4 is 16.9 Å². The Bertz CT molecular complexity index is 1100. The van der Waals surface area contributed by atoms with E-state index in [1.807, 2.05) is 31.2 Å². The lowest BCUT2D eigenvalue weighted by Crippen LogP contribution is -2.29. The van der Waals surface area contributed by atoms with E-state index in [4.69, 9.17) is 15.2 Å². The minimum absolute atomic E-state index is 0.000569. The number of carbonyl (C=O) groups excluding carboxylic acids is 1. The standard InChI is InChI=1S/C20H19N3O4/c1-4-26-20(25)16-11(3)27-18(22)14(9-21)17(16)13-8-12-6-5-10(2)7-15(12)23-19(13)24/h5-8,17H,4,22H2,1-3H3,(H,23,24). The molecule has 1 atom stereocenters. The van der Waals surface area contributed by atoms with Crippen LogP contribution in [0.4, 0.5) is 0 Å². The number of H-pyrrole nitrogens is 1. The van der Waals surface area contributed by atoms with Crippen LogP contribution in [-0.2, 0) is 14.3 Å². The highest BCUT2D eigenvalue weighted by Crippen LogP contribution is 2.38. The monoisotopic (exact) mass is 365 g/mol. The van der Waals surface area contributed by atoms with Gasteiger partial charge in [0.25, 0.3) is 5.56 Å². The highest BCUT2D eigenvalue weighted by atomic mass is 16.5. The molecule has 0 fully saturated rings. The molecule has 138 valence electrons. The molecule has 27 heavy (non-hydrogen) atoms. The van der Waals surface area contributed by atoms with Crippen molar-refractivity contribution in [3.8, 4) is 6.07 Å². The molecule has 2 aromatic rings. The number of benzene rings is 1. The largest absolute Gasteiger partial charge is 0.463 e. The summed E-state index contributed by atoms with van der Waals surface area (Å²) in [5, 5.41) is 10.4. The number of ether oxygens (including phenoxy) is 2. The number of nitrogens with two attached hydrogens (primary N) is 1. The van der Waals surface area contributed by atoms with Crippen molar-refractivity contribution in [2.45, 2.75) is 26.7 Å². The van der Waals surface area contributed by atoms with Gasteiger partial charge in [0, 0.05) is 11.1 Å². The van der Waals surface area contributed by atoms with Crippen LogP contribution in [-0.4, -0.2) is 17.6 Å². The van der Waals surface area contributed by atoms with E-state index in [-0.39, 0.29) is 35.0 Å². The fraction of sp³-hybridized carbons (Fsp3) is 0.250. The van der Waals surface area contributed by atoms with Gasteiger partial charge in [0.2, 0.25) is 5.88 Å². The topological polar surface area (TPSA) is 118 Å². The first-order valence-corrected chi connectivity index (χ1v) is 8.46. The smallest absolute Gasteiger partial charge is 0.338 e. The van der Waals surface area contributed by atoms with E-state index in [9.17, 15) is 14.9 Å². The normalized spacial score (nSPS) is 16.9. The van der Waals surface area contributed by atoms with Crippen molar-refractivity contribution in [1.82, 2.24) is 4.98 Å². The molecule has 0 radical (unpaired) electrons. The molecule has 0 saturated carbocycles. The van der Waals surface area contributed by atoms with Crippen LogP contribution in [0.2, 0.25) is 0 Å². The Morgan fingerprint density at radius 2 is 2.11 bits per heavy atom. The zero-order chi connectivity index (χ0) is 19.7. The van der Waals surface area contributed by atoms with E-state index in [1.165, 1.54) is 0 Å². The molecule has 0 bridgehead atoms. The molecule has 7 heteroatoms. The molecule has 1 aliphatic heterocycles. The van der Waals surface area contributed by atoms with E-state index >= 15 is 0 Å². The lowest BCUT2D eigenvalue weighted by Gasteiger charge is -2.26. The number of nitriles is 1. The van der Waals surface area contributed by atoms with Gasteiger partial charge >= 0.3 is 5.97 Å². The number of aromatic amines is 1. The number of pyridine rings is 1. The molecule has 0 saturated heterocycles. The Kier molecular flexibility index (Phi) is 4.74. The SMILES string of the molecule is CCOC(=O)C1=C(C)OC(N)=C(C#N)C1c1cc2ccc(C)cc2[nH]c1=O. The summed E-state index contributed by atoms with van der Waals surface area (Å²) in [5.41, 5.74) is 7.46. The Hall–Kier alpha value is -3.53. The molecule has 0 spiro atoms. The van der Waals surface area contributed by atoms with Gasteiger partial charge in [0.05, 0.1) is 18.1 Å². The average Bonchev–Trinajstić information content (AvgIpc) is 2.60. The number of rotatable bonds is 3. The molecule has 2 heterocycles. The molecule has 7 nitrogen and oxygen atoms in total. The van der Waals surface area contributed by atoms with E-state index < -0.39 is 17.4 Å². The van der Waals surface area contributed by atoms with Gasteiger partial charge in [-0.2, -0.15) is 5.26 Å². The number of hydrogen-bond donors (Lipinski definition) is 2. The van der Waals surface area contributed by atoms with Crippen molar-refractivity contribution in [1.29, 1.82) is 5.26 Å². The van der Waals surface area contributed by atoms with Gasteiger partial charge in [-0.25, -0.2) is 4.79 Å². The number of fused-ring (bicyclic) bond motifs is 1. The highest BCUT2D eigenvalue weighted by Gasteiger charge is 2.37. The summed E-state index contributed by atoms with van der Waals surface area (Å²) in [7, 11) is 0. The van der Waals surface area contributed by atoms with Gasteiger partial charge < -0.3 is 20.2 Å². The predicted molar refractivity (Wildman–Crippen MR) is 99.3 cm³/mol. The van der Waals surface area contributed by atoms with Crippen LogP contribution >= 0.6 is 0 Å². The fourth-order valence-corrected chi connectivity index (χ4v) is 3.21. The third kappa shape index (κ3) is 3.17.